The molecule has 21 heavy (non-hydrogen) atoms. The van der Waals surface area contributed by atoms with Crippen molar-refractivity contribution >= 4 is 16.8 Å². The van der Waals surface area contributed by atoms with Crippen LogP contribution in [0.2, 0.25) is 0 Å². The van der Waals surface area contributed by atoms with Crippen molar-refractivity contribution in [2.24, 2.45) is 5.92 Å². The van der Waals surface area contributed by atoms with Gasteiger partial charge in [-0.05, 0) is 58.1 Å². The van der Waals surface area contributed by atoms with Crippen molar-refractivity contribution in [1.82, 2.24) is 14.8 Å². The molecule has 1 fully saturated rings. The number of anilines is 1. The Labute approximate surface area is 125 Å². The molecule has 5 nitrogen and oxygen atoms in total. The van der Waals surface area contributed by atoms with Crippen molar-refractivity contribution in [1.29, 1.82) is 0 Å². The van der Waals surface area contributed by atoms with Gasteiger partial charge in [-0.1, -0.05) is 0 Å². The summed E-state index contributed by atoms with van der Waals surface area (Å²) >= 11 is 0. The molecule has 3 rings (SSSR count). The lowest BCUT2D eigenvalue weighted by Crippen LogP contribution is -2.35. The Balaban J connectivity index is 1.59. The first-order chi connectivity index (χ1) is 10.1. The predicted molar refractivity (Wildman–Crippen MR) is 85.0 cm³/mol. The Morgan fingerprint density at radius 2 is 2.14 bits per heavy atom. The second kappa shape index (κ2) is 6.03. The van der Waals surface area contributed by atoms with Gasteiger partial charge in [0, 0.05) is 18.3 Å². The Hall–Kier alpha value is -1.59. The second-order valence-corrected chi connectivity index (χ2v) is 6.28. The van der Waals surface area contributed by atoms with Crippen molar-refractivity contribution in [3.8, 4) is 0 Å². The molecule has 1 aliphatic heterocycles. The molecule has 0 atom stereocenters. The third kappa shape index (κ3) is 3.54. The molecular formula is C16H24N4O. The van der Waals surface area contributed by atoms with Gasteiger partial charge in [-0.25, -0.2) is 4.98 Å². The molecule has 0 aliphatic carbocycles. The summed E-state index contributed by atoms with van der Waals surface area (Å²) < 4.78 is 5.78. The Morgan fingerprint density at radius 3 is 2.90 bits per heavy atom. The average Bonchev–Trinajstić information content (AvgIpc) is 2.82. The van der Waals surface area contributed by atoms with E-state index in [0.717, 1.165) is 36.0 Å². The first kappa shape index (κ1) is 14.4. The van der Waals surface area contributed by atoms with Gasteiger partial charge in [0.25, 0.3) is 0 Å². The van der Waals surface area contributed by atoms with E-state index in [1.807, 2.05) is 18.2 Å². The van der Waals surface area contributed by atoms with Crippen LogP contribution in [0.4, 0.5) is 5.69 Å². The molecule has 2 heterocycles. The number of nitrogens with zero attached hydrogens (tertiary/aromatic N) is 3. The van der Waals surface area contributed by atoms with Crippen LogP contribution in [0.1, 0.15) is 18.7 Å². The Morgan fingerprint density at radius 1 is 1.38 bits per heavy atom. The number of nitrogens with two attached hydrogens (primary N) is 1. The first-order valence-corrected chi connectivity index (χ1v) is 7.62. The van der Waals surface area contributed by atoms with Crippen molar-refractivity contribution in [2.75, 3.05) is 39.5 Å². The maximum absolute atomic E-state index is 5.78. The number of likely N-dealkylation sites (tertiary alicyclic amines) is 1. The second-order valence-electron chi connectivity index (χ2n) is 6.28. The van der Waals surface area contributed by atoms with E-state index in [0.29, 0.717) is 5.69 Å². The van der Waals surface area contributed by atoms with Crippen LogP contribution < -0.4 is 5.73 Å². The molecule has 0 unspecified atom stereocenters. The SMILES string of the molecule is CN1CCC(CN(C)Cc2nc3ccc(N)cc3o2)CC1. The lowest BCUT2D eigenvalue weighted by molar-refractivity contribution is 0.168. The number of piperidine rings is 1. The highest BCUT2D eigenvalue weighted by atomic mass is 16.3. The monoisotopic (exact) mass is 288 g/mol. The van der Waals surface area contributed by atoms with E-state index < -0.39 is 0 Å². The van der Waals surface area contributed by atoms with Crippen molar-refractivity contribution in [3.05, 3.63) is 24.1 Å². The normalized spacial score (nSPS) is 17.9. The molecular weight excluding hydrogens is 264 g/mol. The van der Waals surface area contributed by atoms with E-state index in [9.17, 15) is 0 Å². The minimum absolute atomic E-state index is 0.713. The lowest BCUT2D eigenvalue weighted by atomic mass is 9.97. The maximum Gasteiger partial charge on any atom is 0.209 e. The van der Waals surface area contributed by atoms with Crippen LogP contribution in [0.25, 0.3) is 11.1 Å². The van der Waals surface area contributed by atoms with E-state index >= 15 is 0 Å². The molecule has 0 radical (unpaired) electrons. The van der Waals surface area contributed by atoms with Crippen molar-refractivity contribution in [3.63, 3.8) is 0 Å². The average molecular weight is 288 g/mol. The Kier molecular flexibility index (Phi) is 4.12. The largest absolute Gasteiger partial charge is 0.439 e. The number of nitrogen functional groups attached to an aromatic ring is 1. The molecule has 1 aromatic heterocycles. The molecule has 2 N–H and O–H groups in total. The van der Waals surface area contributed by atoms with Gasteiger partial charge in [-0.2, -0.15) is 0 Å². The topological polar surface area (TPSA) is 58.5 Å². The summed E-state index contributed by atoms with van der Waals surface area (Å²) in [5.74, 6) is 1.55. The highest BCUT2D eigenvalue weighted by molar-refractivity contribution is 5.76. The summed E-state index contributed by atoms with van der Waals surface area (Å²) in [6, 6.07) is 5.61. The number of benzene rings is 1. The summed E-state index contributed by atoms with van der Waals surface area (Å²) in [4.78, 5) is 9.24. The fraction of sp³-hybridized carbons (Fsp3) is 0.562. The molecule has 1 saturated heterocycles. The molecule has 114 valence electrons. The van der Waals surface area contributed by atoms with Gasteiger partial charge >= 0.3 is 0 Å². The van der Waals surface area contributed by atoms with Crippen molar-refractivity contribution < 1.29 is 4.42 Å². The summed E-state index contributed by atoms with van der Waals surface area (Å²) in [6.45, 7) is 4.27. The third-order valence-corrected chi connectivity index (χ3v) is 4.27. The highest BCUT2D eigenvalue weighted by Crippen LogP contribution is 2.21. The summed E-state index contributed by atoms with van der Waals surface area (Å²) in [5.41, 5.74) is 8.14. The number of hydrogen-bond donors (Lipinski definition) is 1. The molecule has 0 saturated carbocycles. The summed E-state index contributed by atoms with van der Waals surface area (Å²) in [6.07, 6.45) is 2.57. The molecule has 1 aliphatic rings. The molecule has 1 aromatic carbocycles. The van der Waals surface area contributed by atoms with Crippen molar-refractivity contribution in [2.45, 2.75) is 19.4 Å². The fourth-order valence-corrected chi connectivity index (χ4v) is 3.04. The fourth-order valence-electron chi connectivity index (χ4n) is 3.04. The zero-order valence-electron chi connectivity index (χ0n) is 12.9. The number of aromatic nitrogens is 1. The van der Waals surface area contributed by atoms with Gasteiger partial charge in [0.2, 0.25) is 5.89 Å². The predicted octanol–water partition coefficient (Wildman–Crippen LogP) is 2.18. The van der Waals surface area contributed by atoms with Gasteiger partial charge < -0.3 is 15.1 Å². The van der Waals surface area contributed by atoms with E-state index in [1.54, 1.807) is 0 Å². The summed E-state index contributed by atoms with van der Waals surface area (Å²) in [5, 5.41) is 0. The maximum atomic E-state index is 5.78. The molecule has 0 spiro atoms. The highest BCUT2D eigenvalue weighted by Gasteiger charge is 2.19. The molecule has 5 heteroatoms. The number of rotatable bonds is 4. The van der Waals surface area contributed by atoms with Crippen LogP contribution in [0.5, 0.6) is 0 Å². The van der Waals surface area contributed by atoms with E-state index in [2.05, 4.69) is 28.9 Å². The van der Waals surface area contributed by atoms with Gasteiger partial charge in [0.15, 0.2) is 5.58 Å². The first-order valence-electron chi connectivity index (χ1n) is 7.62. The Bertz CT molecular complexity index is 601. The number of hydrogen-bond acceptors (Lipinski definition) is 5. The van der Waals surface area contributed by atoms with Crippen LogP contribution in [0.15, 0.2) is 22.6 Å². The van der Waals surface area contributed by atoms with Crippen LogP contribution in [0, 0.1) is 5.92 Å². The standard InChI is InChI=1S/C16H24N4O/c1-19-7-5-12(6-8-19)10-20(2)11-16-18-14-4-3-13(17)9-15(14)21-16/h3-4,9,12H,5-8,10-11,17H2,1-2H3. The van der Waals surface area contributed by atoms with E-state index in [-0.39, 0.29) is 0 Å². The van der Waals surface area contributed by atoms with E-state index in [1.165, 1.54) is 25.9 Å². The number of oxazole rings is 1. The van der Waals surface area contributed by atoms with Gasteiger partial charge in [0.05, 0.1) is 6.54 Å². The van der Waals surface area contributed by atoms with E-state index in [4.69, 9.17) is 10.2 Å². The quantitative estimate of drug-likeness (QED) is 0.874. The van der Waals surface area contributed by atoms with Gasteiger partial charge in [-0.3, -0.25) is 4.90 Å². The third-order valence-electron chi connectivity index (χ3n) is 4.27. The molecule has 0 bridgehead atoms. The van der Waals surface area contributed by atoms with Crippen LogP contribution in [-0.2, 0) is 6.54 Å². The molecule has 2 aromatic rings. The van der Waals surface area contributed by atoms with Crippen LogP contribution >= 0.6 is 0 Å². The summed E-state index contributed by atoms with van der Waals surface area (Å²) in [7, 11) is 4.34. The number of fused-ring (bicyclic) bond motifs is 1. The van der Waals surface area contributed by atoms with Gasteiger partial charge in [-0.15, -0.1) is 0 Å². The minimum atomic E-state index is 0.713. The van der Waals surface area contributed by atoms with Crippen LogP contribution in [0.3, 0.4) is 0 Å². The lowest BCUT2D eigenvalue weighted by Gasteiger charge is -2.31. The minimum Gasteiger partial charge on any atom is -0.439 e. The smallest absolute Gasteiger partial charge is 0.209 e. The van der Waals surface area contributed by atoms with Crippen LogP contribution in [-0.4, -0.2) is 48.5 Å². The zero-order valence-corrected chi connectivity index (χ0v) is 12.9. The zero-order chi connectivity index (χ0) is 14.8. The van der Waals surface area contributed by atoms with Gasteiger partial charge in [0.1, 0.15) is 5.52 Å². The molecule has 0 amide bonds.